The van der Waals surface area contributed by atoms with Crippen LogP contribution in [0.5, 0.6) is 0 Å². The summed E-state index contributed by atoms with van der Waals surface area (Å²) < 4.78 is 9.81. The lowest BCUT2D eigenvalue weighted by Crippen LogP contribution is -1.98. The minimum absolute atomic E-state index is 0.106. The predicted molar refractivity (Wildman–Crippen MR) is 68.5 cm³/mol. The second-order valence-electron chi connectivity index (χ2n) is 3.29. The average Bonchev–Trinajstić information content (AvgIpc) is 2.37. The van der Waals surface area contributed by atoms with Crippen LogP contribution in [0.1, 0.15) is 12.5 Å². The van der Waals surface area contributed by atoms with Crippen LogP contribution in [-0.2, 0) is 14.3 Å². The second kappa shape index (κ2) is 8.87. The molecular formula is C15H14O3. The highest BCUT2D eigenvalue weighted by Gasteiger charge is 1.86. The molecule has 0 saturated heterocycles. The van der Waals surface area contributed by atoms with E-state index in [4.69, 9.17) is 4.74 Å². The molecule has 1 aromatic rings. The van der Waals surface area contributed by atoms with Crippen molar-refractivity contribution in [1.29, 1.82) is 0 Å². The summed E-state index contributed by atoms with van der Waals surface area (Å²) in [6.07, 6.45) is 0. The molecule has 0 amide bonds. The highest BCUT2D eigenvalue weighted by Crippen LogP contribution is 1.94. The normalized spacial score (nSPS) is 8.50. The molecule has 0 unspecified atom stereocenters. The first kappa shape index (κ1) is 13.8. The van der Waals surface area contributed by atoms with Crippen molar-refractivity contribution in [2.75, 3.05) is 19.8 Å². The van der Waals surface area contributed by atoms with E-state index in [-0.39, 0.29) is 19.2 Å². The van der Waals surface area contributed by atoms with Crippen LogP contribution in [0.4, 0.5) is 0 Å². The summed E-state index contributed by atoms with van der Waals surface area (Å²) in [7, 11) is 0. The predicted octanol–water partition coefficient (Wildman–Crippen LogP) is 1.62. The third kappa shape index (κ3) is 7.11. The van der Waals surface area contributed by atoms with E-state index in [1.807, 2.05) is 30.3 Å². The molecule has 0 bridgehead atoms. The van der Waals surface area contributed by atoms with Gasteiger partial charge in [0.1, 0.15) is 13.2 Å². The first-order valence-corrected chi connectivity index (χ1v) is 5.50. The third-order valence-electron chi connectivity index (χ3n) is 1.83. The molecule has 3 nitrogen and oxygen atoms in total. The van der Waals surface area contributed by atoms with Crippen molar-refractivity contribution in [3.05, 3.63) is 35.9 Å². The molecule has 92 valence electrons. The van der Waals surface area contributed by atoms with Crippen LogP contribution in [0.3, 0.4) is 0 Å². The van der Waals surface area contributed by atoms with Gasteiger partial charge in [-0.1, -0.05) is 41.9 Å². The van der Waals surface area contributed by atoms with Gasteiger partial charge in [0.05, 0.1) is 0 Å². The van der Waals surface area contributed by atoms with Gasteiger partial charge in [-0.15, -0.1) is 0 Å². The van der Waals surface area contributed by atoms with Gasteiger partial charge in [0.25, 0.3) is 0 Å². The van der Waals surface area contributed by atoms with Crippen LogP contribution in [0, 0.1) is 23.7 Å². The van der Waals surface area contributed by atoms with Gasteiger partial charge >= 0.3 is 5.97 Å². The molecule has 3 heteroatoms. The monoisotopic (exact) mass is 242 g/mol. The number of benzene rings is 1. The fourth-order valence-corrected chi connectivity index (χ4v) is 1.05. The van der Waals surface area contributed by atoms with Gasteiger partial charge in [0.15, 0.2) is 6.61 Å². The lowest BCUT2D eigenvalue weighted by molar-refractivity contribution is -0.139. The Labute approximate surface area is 107 Å². The number of carbonyl (C=O) groups is 1. The number of ether oxygens (including phenoxy) is 2. The summed E-state index contributed by atoms with van der Waals surface area (Å²) in [6.45, 7) is 2.06. The molecule has 0 heterocycles. The molecule has 0 fully saturated rings. The molecule has 0 atom stereocenters. The van der Waals surface area contributed by atoms with E-state index >= 15 is 0 Å². The van der Waals surface area contributed by atoms with E-state index in [2.05, 4.69) is 28.4 Å². The molecule has 0 aliphatic carbocycles. The quantitative estimate of drug-likeness (QED) is 0.459. The molecule has 0 radical (unpaired) electrons. The zero-order valence-corrected chi connectivity index (χ0v) is 10.2. The number of hydrogen-bond donors (Lipinski definition) is 0. The van der Waals surface area contributed by atoms with E-state index in [0.29, 0.717) is 6.61 Å². The second-order valence-corrected chi connectivity index (χ2v) is 3.29. The van der Waals surface area contributed by atoms with Crippen molar-refractivity contribution in [2.45, 2.75) is 6.92 Å². The zero-order chi connectivity index (χ0) is 13.1. The molecule has 0 spiro atoms. The van der Waals surface area contributed by atoms with Gasteiger partial charge in [0.2, 0.25) is 0 Å². The Morgan fingerprint density at radius 3 is 2.44 bits per heavy atom. The molecule has 0 aromatic heterocycles. The lowest BCUT2D eigenvalue weighted by atomic mass is 10.2. The average molecular weight is 242 g/mol. The molecule has 0 saturated carbocycles. The van der Waals surface area contributed by atoms with Gasteiger partial charge in [-0.2, -0.15) is 0 Å². The van der Waals surface area contributed by atoms with Gasteiger partial charge in [-0.05, 0) is 12.1 Å². The molecule has 1 rings (SSSR count). The van der Waals surface area contributed by atoms with Crippen LogP contribution < -0.4 is 0 Å². The first-order chi connectivity index (χ1) is 8.79. The SMILES string of the molecule is CC(=O)OCC#CCOCC#Cc1ccccc1. The third-order valence-corrected chi connectivity index (χ3v) is 1.83. The summed E-state index contributed by atoms with van der Waals surface area (Å²) in [5.74, 6) is 10.9. The van der Waals surface area contributed by atoms with E-state index < -0.39 is 0 Å². The van der Waals surface area contributed by atoms with Crippen molar-refractivity contribution in [2.24, 2.45) is 0 Å². The van der Waals surface area contributed by atoms with E-state index in [1.165, 1.54) is 6.92 Å². The van der Waals surface area contributed by atoms with E-state index in [9.17, 15) is 4.79 Å². The van der Waals surface area contributed by atoms with Crippen molar-refractivity contribution < 1.29 is 14.3 Å². The summed E-state index contributed by atoms with van der Waals surface area (Å²) in [5.41, 5.74) is 0.960. The molecule has 0 aliphatic rings. The number of rotatable bonds is 3. The van der Waals surface area contributed by atoms with E-state index in [1.54, 1.807) is 0 Å². The minimum atomic E-state index is -0.334. The Bertz CT molecular complexity index is 483. The summed E-state index contributed by atoms with van der Waals surface area (Å²) in [5, 5.41) is 0. The maximum atomic E-state index is 10.4. The lowest BCUT2D eigenvalue weighted by Gasteiger charge is -1.92. The van der Waals surface area contributed by atoms with Gasteiger partial charge < -0.3 is 9.47 Å². The van der Waals surface area contributed by atoms with Crippen molar-refractivity contribution >= 4 is 5.97 Å². The van der Waals surface area contributed by atoms with Crippen molar-refractivity contribution in [3.8, 4) is 23.7 Å². The summed E-state index contributed by atoms with van der Waals surface area (Å²) in [4.78, 5) is 10.4. The number of hydrogen-bond acceptors (Lipinski definition) is 3. The Kier molecular flexibility index (Phi) is 6.82. The van der Waals surface area contributed by atoms with Gasteiger partial charge in [-0.25, -0.2) is 0 Å². The minimum Gasteiger partial charge on any atom is -0.453 e. The van der Waals surface area contributed by atoms with Crippen LogP contribution >= 0.6 is 0 Å². The maximum absolute atomic E-state index is 10.4. The van der Waals surface area contributed by atoms with Gasteiger partial charge in [0, 0.05) is 12.5 Å². The number of carbonyl (C=O) groups excluding carboxylic acids is 1. The standard InChI is InChI=1S/C15H14O3/c1-14(16)18-13-6-5-11-17-12-7-10-15-8-3-2-4-9-15/h2-4,8-9H,11-13H2,1H3. The van der Waals surface area contributed by atoms with Crippen molar-refractivity contribution in [1.82, 2.24) is 0 Å². The molecular weight excluding hydrogens is 228 g/mol. The van der Waals surface area contributed by atoms with Gasteiger partial charge in [-0.3, -0.25) is 4.79 Å². The topological polar surface area (TPSA) is 35.5 Å². The Morgan fingerprint density at radius 2 is 1.72 bits per heavy atom. The van der Waals surface area contributed by atoms with Crippen LogP contribution in [0.25, 0.3) is 0 Å². The fraction of sp³-hybridized carbons (Fsp3) is 0.267. The Hall–Kier alpha value is -2.23. The molecule has 0 N–H and O–H groups in total. The highest BCUT2D eigenvalue weighted by atomic mass is 16.5. The smallest absolute Gasteiger partial charge is 0.303 e. The molecule has 0 aliphatic heterocycles. The Morgan fingerprint density at radius 1 is 1.06 bits per heavy atom. The summed E-state index contributed by atoms with van der Waals surface area (Å²) >= 11 is 0. The zero-order valence-electron chi connectivity index (χ0n) is 10.2. The first-order valence-electron chi connectivity index (χ1n) is 5.50. The Balaban J connectivity index is 2.12. The molecule has 18 heavy (non-hydrogen) atoms. The van der Waals surface area contributed by atoms with Crippen LogP contribution in [-0.4, -0.2) is 25.8 Å². The van der Waals surface area contributed by atoms with Crippen molar-refractivity contribution in [3.63, 3.8) is 0 Å². The van der Waals surface area contributed by atoms with E-state index in [0.717, 1.165) is 5.56 Å². The van der Waals surface area contributed by atoms with Crippen LogP contribution in [0.2, 0.25) is 0 Å². The maximum Gasteiger partial charge on any atom is 0.303 e. The highest BCUT2D eigenvalue weighted by molar-refractivity contribution is 5.66. The largest absolute Gasteiger partial charge is 0.453 e. The fourth-order valence-electron chi connectivity index (χ4n) is 1.05. The summed E-state index contributed by atoms with van der Waals surface area (Å²) in [6, 6.07) is 9.69. The van der Waals surface area contributed by atoms with Crippen LogP contribution in [0.15, 0.2) is 30.3 Å². The number of esters is 1. The molecule has 1 aromatic carbocycles.